The van der Waals surface area contributed by atoms with Crippen LogP contribution in [0.3, 0.4) is 0 Å². The largest absolute Gasteiger partial charge is 0.790 e. The number of nitrogens with zero attached hydrogens (tertiary/aromatic N) is 2. The van der Waals surface area contributed by atoms with Crippen LogP contribution < -0.4 is 5.11 Å². The molecule has 0 bridgehead atoms. The van der Waals surface area contributed by atoms with Gasteiger partial charge in [0.1, 0.15) is 0 Å². The Morgan fingerprint density at radius 1 is 1.18 bits per heavy atom. The molecule has 0 radical (unpaired) electrons. The van der Waals surface area contributed by atoms with Gasteiger partial charge < -0.3 is 23.2 Å². The van der Waals surface area contributed by atoms with Crippen molar-refractivity contribution in [1.29, 1.82) is 0 Å². The molecule has 1 heterocycles. The molecule has 22 heavy (non-hydrogen) atoms. The van der Waals surface area contributed by atoms with Crippen LogP contribution in [0.2, 0.25) is 0 Å². The Morgan fingerprint density at radius 2 is 1.64 bits per heavy atom. The minimum Gasteiger partial charge on any atom is -0.550 e. The number of carboxylic acid groups (broad SMARTS) is 1. The zero-order chi connectivity index (χ0) is 17.1. The van der Waals surface area contributed by atoms with Gasteiger partial charge in [0.05, 0.1) is 19.6 Å². The lowest BCUT2D eigenvalue weighted by Gasteiger charge is -2.41. The van der Waals surface area contributed by atoms with E-state index in [1.165, 1.54) is 0 Å². The third-order valence-corrected chi connectivity index (χ3v) is 6.69. The molecular formula is C14H30N2O5Si. The topological polar surface area (TPSA) is 80.2 Å². The second-order valence-corrected chi connectivity index (χ2v) is 7.62. The van der Waals surface area contributed by atoms with E-state index >= 15 is 0 Å². The lowest BCUT2D eigenvalue weighted by Crippen LogP contribution is -2.72. The molecule has 1 unspecified atom stereocenters. The smallest absolute Gasteiger partial charge is 0.550 e. The highest BCUT2D eigenvalue weighted by Crippen LogP contribution is 2.27. The Morgan fingerprint density at radius 3 is 1.91 bits per heavy atom. The van der Waals surface area contributed by atoms with Gasteiger partial charge in [-0.25, -0.2) is 4.99 Å². The number of aliphatic carboxylic acids is 1. The van der Waals surface area contributed by atoms with Crippen LogP contribution in [0.15, 0.2) is 4.99 Å². The first-order chi connectivity index (χ1) is 10.4. The quantitative estimate of drug-likeness (QED) is 0.576. The molecule has 1 rings (SSSR count). The Kier molecular flexibility index (Phi) is 10.4. The van der Waals surface area contributed by atoms with Crippen LogP contribution >= 0.6 is 0 Å². The molecule has 1 aliphatic heterocycles. The Hall–Kier alpha value is -0.803. The summed E-state index contributed by atoms with van der Waals surface area (Å²) in [6.07, 6.45) is 3.06. The van der Waals surface area contributed by atoms with E-state index in [1.807, 2.05) is 27.1 Å². The molecular weight excluding hydrogens is 304 g/mol. The van der Waals surface area contributed by atoms with Crippen LogP contribution in [0.5, 0.6) is 0 Å². The number of quaternary nitrogens is 1. The van der Waals surface area contributed by atoms with Gasteiger partial charge in [-0.1, -0.05) is 6.92 Å². The summed E-state index contributed by atoms with van der Waals surface area (Å²) in [5, 5.41) is 8.89. The SMILES string of the molecule is CC(=O)[O-].CCC[N+]1([Si](OCC)(OCC)OCC)C=NCC1. The number of carbonyl (C=O) groups is 1. The molecule has 0 aromatic heterocycles. The minimum absolute atomic E-state index is 0.615. The van der Waals surface area contributed by atoms with Crippen LogP contribution in [0, 0.1) is 0 Å². The summed E-state index contributed by atoms with van der Waals surface area (Å²) in [5.74, 6) is -1.08. The molecule has 0 saturated heterocycles. The molecule has 7 nitrogen and oxygen atoms in total. The highest BCUT2D eigenvalue weighted by Gasteiger charge is 2.66. The maximum Gasteiger partial charge on any atom is 0.790 e. The van der Waals surface area contributed by atoms with E-state index in [-0.39, 0.29) is 0 Å². The van der Waals surface area contributed by atoms with E-state index in [2.05, 4.69) is 11.9 Å². The highest BCUT2D eigenvalue weighted by molar-refractivity contribution is 6.54. The fourth-order valence-electron chi connectivity index (χ4n) is 2.48. The predicted molar refractivity (Wildman–Crippen MR) is 85.0 cm³/mol. The molecule has 0 aliphatic carbocycles. The van der Waals surface area contributed by atoms with E-state index in [1.54, 1.807) is 0 Å². The van der Waals surface area contributed by atoms with Gasteiger partial charge in [-0.2, -0.15) is 0 Å². The van der Waals surface area contributed by atoms with E-state index < -0.39 is 14.9 Å². The van der Waals surface area contributed by atoms with E-state index in [9.17, 15) is 0 Å². The van der Waals surface area contributed by atoms with Crippen LogP contribution in [0.4, 0.5) is 0 Å². The average molecular weight is 334 g/mol. The van der Waals surface area contributed by atoms with Gasteiger partial charge in [-0.15, -0.1) is 0 Å². The van der Waals surface area contributed by atoms with Crippen molar-refractivity contribution in [2.75, 3.05) is 39.5 Å². The number of hydrogen-bond acceptors (Lipinski definition) is 6. The van der Waals surface area contributed by atoms with Crippen molar-refractivity contribution in [1.82, 2.24) is 0 Å². The Balaban J connectivity index is 0.000000980. The number of carboxylic acids is 1. The fourth-order valence-corrected chi connectivity index (χ4v) is 5.69. The van der Waals surface area contributed by atoms with Crippen molar-refractivity contribution in [3.05, 3.63) is 0 Å². The van der Waals surface area contributed by atoms with Crippen LogP contribution in [-0.4, -0.2) is 64.9 Å². The molecule has 0 amide bonds. The highest BCUT2D eigenvalue weighted by atomic mass is 28.4. The Labute approximate surface area is 134 Å². The first-order valence-corrected chi connectivity index (χ1v) is 9.58. The van der Waals surface area contributed by atoms with Gasteiger partial charge in [-0.3, -0.25) is 4.15 Å². The lowest BCUT2D eigenvalue weighted by molar-refractivity contribution is -0.757. The number of rotatable bonds is 9. The molecule has 8 heteroatoms. The van der Waals surface area contributed by atoms with E-state index in [4.69, 9.17) is 23.2 Å². The van der Waals surface area contributed by atoms with Crippen molar-refractivity contribution >= 4 is 21.3 Å². The summed E-state index contributed by atoms with van der Waals surface area (Å²) in [7, 11) is -2.75. The maximum absolute atomic E-state index is 8.89. The maximum atomic E-state index is 8.89. The predicted octanol–water partition coefficient (Wildman–Crippen LogP) is 0.556. The fraction of sp³-hybridized carbons (Fsp3) is 0.857. The number of hydrogen-bond donors (Lipinski definition) is 0. The summed E-state index contributed by atoms with van der Waals surface area (Å²) >= 11 is 0. The first kappa shape index (κ1) is 21.2. The summed E-state index contributed by atoms with van der Waals surface area (Å²) in [6, 6.07) is 0. The minimum atomic E-state index is -2.75. The monoisotopic (exact) mass is 334 g/mol. The molecule has 1 aliphatic rings. The van der Waals surface area contributed by atoms with Crippen molar-refractivity contribution in [3.63, 3.8) is 0 Å². The second-order valence-electron chi connectivity index (χ2n) is 4.82. The molecule has 0 N–H and O–H groups in total. The Bertz CT molecular complexity index is 333. The third-order valence-electron chi connectivity index (χ3n) is 3.08. The van der Waals surface area contributed by atoms with Crippen molar-refractivity contribution in [2.45, 2.75) is 41.0 Å². The summed E-state index contributed by atoms with van der Waals surface area (Å²) in [6.45, 7) is 13.7. The first-order valence-electron chi connectivity index (χ1n) is 7.90. The van der Waals surface area contributed by atoms with E-state index in [0.29, 0.717) is 24.0 Å². The standard InChI is InChI=1S/C12H27N2O3Si.C2H4O2/c1-5-10-14(11-9-13-12-14)18(15-6-2,16-7-3)17-8-4;1-2(3)4/h12H,5-11H2,1-4H3;1H3,(H,3,4)/q+1;/p-1. The van der Waals surface area contributed by atoms with Crippen LogP contribution in [0.25, 0.3) is 0 Å². The zero-order valence-electron chi connectivity index (χ0n) is 14.5. The molecule has 1 atom stereocenters. The van der Waals surface area contributed by atoms with Gasteiger partial charge in [0.2, 0.25) is 0 Å². The normalized spacial score (nSPS) is 20.6. The van der Waals surface area contributed by atoms with E-state index in [0.717, 1.165) is 33.0 Å². The van der Waals surface area contributed by atoms with Crippen molar-refractivity contribution < 1.29 is 27.3 Å². The molecule has 0 aromatic carbocycles. The zero-order valence-corrected chi connectivity index (χ0v) is 15.5. The molecule has 0 saturated carbocycles. The summed E-state index contributed by atoms with van der Waals surface area (Å²) in [4.78, 5) is 13.3. The molecule has 0 spiro atoms. The average Bonchev–Trinajstić information content (AvgIpc) is 2.89. The van der Waals surface area contributed by atoms with Crippen molar-refractivity contribution in [3.8, 4) is 0 Å². The molecule has 0 aromatic rings. The second kappa shape index (κ2) is 10.8. The van der Waals surface area contributed by atoms with Crippen molar-refractivity contribution in [2.24, 2.45) is 4.99 Å². The van der Waals surface area contributed by atoms with Gasteiger partial charge in [-0.05, 0) is 34.1 Å². The lowest BCUT2D eigenvalue weighted by atomic mass is 10.4. The summed E-state index contributed by atoms with van der Waals surface area (Å²) in [5.41, 5.74) is 0. The van der Waals surface area contributed by atoms with Gasteiger partial charge in [0.25, 0.3) is 0 Å². The number of carbonyl (C=O) groups excluding carboxylic acids is 1. The third kappa shape index (κ3) is 5.77. The summed E-state index contributed by atoms with van der Waals surface area (Å²) < 4.78 is 18.7. The van der Waals surface area contributed by atoms with Gasteiger partial charge >= 0.3 is 8.97 Å². The van der Waals surface area contributed by atoms with Crippen LogP contribution in [0.1, 0.15) is 41.0 Å². The molecule has 0 fully saturated rings. The van der Waals surface area contributed by atoms with Crippen LogP contribution in [-0.2, 0) is 18.1 Å². The van der Waals surface area contributed by atoms with Gasteiger partial charge in [0, 0.05) is 25.8 Å². The molecule has 130 valence electrons. The van der Waals surface area contributed by atoms with Gasteiger partial charge in [0.15, 0.2) is 6.34 Å². The number of aliphatic imine (C=N–C) groups is 1.